The van der Waals surface area contributed by atoms with Crippen LogP contribution >= 0.6 is 11.6 Å². The Kier molecular flexibility index (Phi) is 8.85. The van der Waals surface area contributed by atoms with Crippen LogP contribution in [-0.2, 0) is 17.9 Å². The van der Waals surface area contributed by atoms with Crippen molar-refractivity contribution in [2.24, 2.45) is 0 Å². The van der Waals surface area contributed by atoms with Gasteiger partial charge in [-0.15, -0.1) is 0 Å². The molecule has 0 aliphatic heterocycles. The number of unbranched alkanes of at least 4 members (excludes halogenated alkanes) is 1. The van der Waals surface area contributed by atoms with E-state index in [-0.39, 0.29) is 12.5 Å². The van der Waals surface area contributed by atoms with Crippen molar-refractivity contribution >= 4 is 28.5 Å². The van der Waals surface area contributed by atoms with Crippen molar-refractivity contribution in [3.63, 3.8) is 0 Å². The van der Waals surface area contributed by atoms with Gasteiger partial charge in [-0.1, -0.05) is 55.8 Å². The summed E-state index contributed by atoms with van der Waals surface area (Å²) in [5, 5.41) is 3.55. The molecule has 0 saturated heterocycles. The first-order valence-electron chi connectivity index (χ1n) is 12.3. The lowest BCUT2D eigenvalue weighted by atomic mass is 10.0. The number of nitrogens with one attached hydrogen (secondary N) is 1. The molecule has 1 aromatic heterocycles. The fourth-order valence-corrected chi connectivity index (χ4v) is 4.19. The Morgan fingerprint density at radius 3 is 2.53 bits per heavy atom. The van der Waals surface area contributed by atoms with E-state index in [2.05, 4.69) is 41.9 Å². The standard InChI is InChI=1S/C29H32ClN3O3/c1-21(2)24-9-3-6-12-27(24)35-18-8-7-17-33-26-11-5-4-10-25(26)32-28(33)19-31-29(34)20-36-23-15-13-22(30)14-16-23/h3-6,9-16,21H,7-8,17-20H2,1-2H3,(H,31,34). The minimum Gasteiger partial charge on any atom is -0.493 e. The molecule has 4 aromatic rings. The van der Waals surface area contributed by atoms with Crippen LogP contribution in [0.1, 0.15) is 44.0 Å². The van der Waals surface area contributed by atoms with Crippen LogP contribution in [0.4, 0.5) is 0 Å². The summed E-state index contributed by atoms with van der Waals surface area (Å²) in [6, 6.07) is 23.2. The Balaban J connectivity index is 1.31. The molecule has 0 fully saturated rings. The average molecular weight is 506 g/mol. The van der Waals surface area contributed by atoms with Crippen molar-refractivity contribution in [3.05, 3.63) is 89.2 Å². The van der Waals surface area contributed by atoms with Gasteiger partial charge in [0.2, 0.25) is 0 Å². The van der Waals surface area contributed by atoms with Crippen molar-refractivity contribution in [1.82, 2.24) is 14.9 Å². The van der Waals surface area contributed by atoms with E-state index in [9.17, 15) is 4.79 Å². The summed E-state index contributed by atoms with van der Waals surface area (Å²) < 4.78 is 13.8. The topological polar surface area (TPSA) is 65.4 Å². The molecule has 1 amide bonds. The number of imidazole rings is 1. The van der Waals surface area contributed by atoms with E-state index in [0.717, 1.165) is 42.0 Å². The Bertz CT molecular complexity index is 1280. The molecule has 0 bridgehead atoms. The van der Waals surface area contributed by atoms with Crippen LogP contribution in [0.15, 0.2) is 72.8 Å². The summed E-state index contributed by atoms with van der Waals surface area (Å²) in [5.74, 6) is 2.60. The molecule has 7 heteroatoms. The molecule has 36 heavy (non-hydrogen) atoms. The summed E-state index contributed by atoms with van der Waals surface area (Å²) in [6.45, 7) is 6.06. The van der Waals surface area contributed by atoms with Crippen LogP contribution in [0.2, 0.25) is 5.02 Å². The van der Waals surface area contributed by atoms with Gasteiger partial charge in [0.25, 0.3) is 5.91 Å². The number of halogens is 1. The second-order valence-corrected chi connectivity index (χ2v) is 9.37. The molecule has 3 aromatic carbocycles. The Morgan fingerprint density at radius 1 is 0.972 bits per heavy atom. The SMILES string of the molecule is CC(C)c1ccccc1OCCCCn1c(CNC(=O)COc2ccc(Cl)cc2)nc2ccccc21. The van der Waals surface area contributed by atoms with Gasteiger partial charge in [-0.25, -0.2) is 4.98 Å². The summed E-state index contributed by atoms with van der Waals surface area (Å²) in [6.07, 6.45) is 1.85. The Labute approximate surface area is 217 Å². The summed E-state index contributed by atoms with van der Waals surface area (Å²) in [7, 11) is 0. The predicted molar refractivity (Wildman–Crippen MR) is 144 cm³/mol. The van der Waals surface area contributed by atoms with Crippen molar-refractivity contribution < 1.29 is 14.3 Å². The molecule has 0 spiro atoms. The van der Waals surface area contributed by atoms with E-state index >= 15 is 0 Å². The van der Waals surface area contributed by atoms with Crippen molar-refractivity contribution in [1.29, 1.82) is 0 Å². The maximum atomic E-state index is 12.4. The highest BCUT2D eigenvalue weighted by molar-refractivity contribution is 6.30. The summed E-state index contributed by atoms with van der Waals surface area (Å²) in [4.78, 5) is 17.1. The normalized spacial score (nSPS) is 11.1. The molecular formula is C29H32ClN3O3. The number of hydrogen-bond donors (Lipinski definition) is 1. The van der Waals surface area contributed by atoms with Gasteiger partial charge in [0, 0.05) is 11.6 Å². The number of para-hydroxylation sites is 3. The summed E-state index contributed by atoms with van der Waals surface area (Å²) >= 11 is 5.89. The molecule has 1 heterocycles. The van der Waals surface area contributed by atoms with E-state index < -0.39 is 0 Å². The van der Waals surface area contributed by atoms with Crippen LogP contribution in [-0.4, -0.2) is 28.7 Å². The highest BCUT2D eigenvalue weighted by Gasteiger charge is 2.12. The van der Waals surface area contributed by atoms with Crippen LogP contribution in [0.5, 0.6) is 11.5 Å². The molecule has 1 N–H and O–H groups in total. The third-order valence-electron chi connectivity index (χ3n) is 5.94. The van der Waals surface area contributed by atoms with E-state index in [1.807, 2.05) is 30.3 Å². The van der Waals surface area contributed by atoms with Gasteiger partial charge in [0.15, 0.2) is 6.61 Å². The molecule has 0 unspecified atom stereocenters. The number of fused-ring (bicyclic) bond motifs is 1. The lowest BCUT2D eigenvalue weighted by Crippen LogP contribution is -2.29. The van der Waals surface area contributed by atoms with E-state index in [1.54, 1.807) is 24.3 Å². The average Bonchev–Trinajstić information content (AvgIpc) is 3.24. The number of benzene rings is 3. The van der Waals surface area contributed by atoms with Crippen LogP contribution in [0.3, 0.4) is 0 Å². The fraction of sp³-hybridized carbons (Fsp3) is 0.310. The van der Waals surface area contributed by atoms with Gasteiger partial charge in [-0.2, -0.15) is 0 Å². The minimum atomic E-state index is -0.208. The molecular weight excluding hydrogens is 474 g/mol. The number of amides is 1. The number of rotatable bonds is 12. The fourth-order valence-electron chi connectivity index (χ4n) is 4.06. The lowest BCUT2D eigenvalue weighted by molar-refractivity contribution is -0.123. The quantitative estimate of drug-likeness (QED) is 0.227. The smallest absolute Gasteiger partial charge is 0.258 e. The second kappa shape index (κ2) is 12.5. The number of carbonyl (C=O) groups excluding carboxylic acids is 1. The van der Waals surface area contributed by atoms with Crippen LogP contribution < -0.4 is 14.8 Å². The molecule has 188 valence electrons. The van der Waals surface area contributed by atoms with Gasteiger partial charge < -0.3 is 19.4 Å². The molecule has 6 nitrogen and oxygen atoms in total. The Hall–Kier alpha value is -3.51. The highest BCUT2D eigenvalue weighted by atomic mass is 35.5. The second-order valence-electron chi connectivity index (χ2n) is 8.94. The molecule has 0 aliphatic rings. The first-order chi connectivity index (χ1) is 17.5. The molecule has 0 aliphatic carbocycles. The van der Waals surface area contributed by atoms with E-state index in [0.29, 0.717) is 29.8 Å². The Morgan fingerprint density at radius 2 is 1.72 bits per heavy atom. The van der Waals surface area contributed by atoms with Gasteiger partial charge in [-0.3, -0.25) is 4.79 Å². The maximum absolute atomic E-state index is 12.4. The predicted octanol–water partition coefficient (Wildman–Crippen LogP) is 6.37. The van der Waals surface area contributed by atoms with Gasteiger partial charge in [0.05, 0.1) is 24.2 Å². The van der Waals surface area contributed by atoms with E-state index in [4.69, 9.17) is 26.1 Å². The van der Waals surface area contributed by atoms with Crippen molar-refractivity contribution in [2.45, 2.75) is 45.7 Å². The van der Waals surface area contributed by atoms with Gasteiger partial charge >= 0.3 is 0 Å². The third kappa shape index (κ3) is 6.79. The zero-order valence-electron chi connectivity index (χ0n) is 20.7. The first-order valence-corrected chi connectivity index (χ1v) is 12.7. The van der Waals surface area contributed by atoms with Gasteiger partial charge in [-0.05, 0) is 66.8 Å². The zero-order valence-corrected chi connectivity index (χ0v) is 21.5. The van der Waals surface area contributed by atoms with E-state index in [1.165, 1.54) is 5.56 Å². The highest BCUT2D eigenvalue weighted by Crippen LogP contribution is 2.26. The number of ether oxygens (including phenoxy) is 2. The molecule has 4 rings (SSSR count). The lowest BCUT2D eigenvalue weighted by Gasteiger charge is -2.14. The monoisotopic (exact) mass is 505 g/mol. The molecule has 0 radical (unpaired) electrons. The van der Waals surface area contributed by atoms with Crippen molar-refractivity contribution in [2.75, 3.05) is 13.2 Å². The largest absolute Gasteiger partial charge is 0.493 e. The van der Waals surface area contributed by atoms with Gasteiger partial charge in [0.1, 0.15) is 17.3 Å². The molecule has 0 saturated carbocycles. The third-order valence-corrected chi connectivity index (χ3v) is 6.19. The number of aromatic nitrogens is 2. The summed E-state index contributed by atoms with van der Waals surface area (Å²) in [5.41, 5.74) is 3.21. The molecule has 0 atom stereocenters. The number of aryl methyl sites for hydroxylation is 1. The first kappa shape index (κ1) is 25.6. The van der Waals surface area contributed by atoms with Crippen molar-refractivity contribution in [3.8, 4) is 11.5 Å². The van der Waals surface area contributed by atoms with Crippen LogP contribution in [0, 0.1) is 0 Å². The maximum Gasteiger partial charge on any atom is 0.258 e. The minimum absolute atomic E-state index is 0.0724. The number of hydrogen-bond acceptors (Lipinski definition) is 4. The zero-order chi connectivity index (χ0) is 25.3. The van der Waals surface area contributed by atoms with Crippen LogP contribution in [0.25, 0.3) is 11.0 Å². The number of carbonyl (C=O) groups is 1. The number of nitrogens with zero attached hydrogens (tertiary/aromatic N) is 2.